The van der Waals surface area contributed by atoms with Crippen molar-refractivity contribution in [3.8, 4) is 0 Å². The molecule has 2 heterocycles. The molecule has 32 heavy (non-hydrogen) atoms. The lowest BCUT2D eigenvalue weighted by molar-refractivity contribution is -0.120. The average Bonchev–Trinajstić information content (AvgIpc) is 3.09. The molecule has 5 rings (SSSR count). The second-order valence-electron chi connectivity index (χ2n) is 8.14. The first-order chi connectivity index (χ1) is 15.6. The summed E-state index contributed by atoms with van der Waals surface area (Å²) in [6.45, 7) is 3.25. The van der Waals surface area contributed by atoms with Gasteiger partial charge in [-0.25, -0.2) is 9.29 Å². The van der Waals surface area contributed by atoms with Gasteiger partial charge >= 0.3 is 0 Å². The Morgan fingerprint density at radius 1 is 0.844 bits per heavy atom. The molecular formula is C27H23FN2O2. The van der Waals surface area contributed by atoms with Crippen LogP contribution in [0.4, 0.5) is 10.1 Å². The summed E-state index contributed by atoms with van der Waals surface area (Å²) in [5.74, 6) is -1.09. The number of hydrogen-bond acceptors (Lipinski definition) is 3. The first-order valence-electron chi connectivity index (χ1n) is 10.9. The fourth-order valence-electron chi connectivity index (χ4n) is 4.49. The first-order valence-corrected chi connectivity index (χ1v) is 10.9. The van der Waals surface area contributed by atoms with E-state index < -0.39 is 0 Å². The number of benzene rings is 3. The molecule has 2 amide bonds. The quantitative estimate of drug-likeness (QED) is 0.567. The van der Waals surface area contributed by atoms with E-state index in [0.717, 1.165) is 24.0 Å². The third kappa shape index (κ3) is 3.40. The maximum atomic E-state index is 13.7. The van der Waals surface area contributed by atoms with Gasteiger partial charge in [-0.05, 0) is 59.4 Å². The molecule has 0 aromatic heterocycles. The van der Waals surface area contributed by atoms with Gasteiger partial charge in [0.25, 0.3) is 11.8 Å². The van der Waals surface area contributed by atoms with Crippen molar-refractivity contribution >= 4 is 23.1 Å². The van der Waals surface area contributed by atoms with Crippen LogP contribution >= 0.6 is 0 Å². The summed E-state index contributed by atoms with van der Waals surface area (Å²) in [7, 11) is 0. The van der Waals surface area contributed by atoms with E-state index in [4.69, 9.17) is 0 Å². The number of hydrogen-bond donors (Lipinski definition) is 0. The molecule has 0 saturated carbocycles. The largest absolute Gasteiger partial charge is 0.362 e. The molecule has 0 N–H and O–H groups in total. The molecule has 0 unspecified atom stereocenters. The van der Waals surface area contributed by atoms with E-state index in [9.17, 15) is 14.0 Å². The van der Waals surface area contributed by atoms with Crippen molar-refractivity contribution in [2.45, 2.75) is 26.3 Å². The Bertz CT molecular complexity index is 1230. The molecule has 0 fully saturated rings. The number of rotatable bonds is 4. The van der Waals surface area contributed by atoms with Crippen LogP contribution in [0.1, 0.15) is 29.2 Å². The van der Waals surface area contributed by atoms with Crippen molar-refractivity contribution in [1.29, 1.82) is 0 Å². The zero-order valence-corrected chi connectivity index (χ0v) is 17.8. The fraction of sp³-hybridized carbons (Fsp3) is 0.185. The number of nitrogens with zero attached hydrogens (tertiary/aromatic N) is 2. The van der Waals surface area contributed by atoms with E-state index in [1.807, 2.05) is 41.3 Å². The van der Waals surface area contributed by atoms with Crippen LogP contribution < -0.4 is 4.90 Å². The topological polar surface area (TPSA) is 40.6 Å². The molecule has 0 aliphatic carbocycles. The molecule has 4 nitrogen and oxygen atoms in total. The Balaban J connectivity index is 1.60. The molecule has 0 atom stereocenters. The number of carbonyl (C=O) groups is 2. The average molecular weight is 426 g/mol. The van der Waals surface area contributed by atoms with Crippen LogP contribution in [0.15, 0.2) is 78.5 Å². The van der Waals surface area contributed by atoms with E-state index in [2.05, 4.69) is 19.1 Å². The smallest absolute Gasteiger partial charge is 0.282 e. The van der Waals surface area contributed by atoms with E-state index in [0.29, 0.717) is 35.6 Å². The van der Waals surface area contributed by atoms with E-state index in [1.165, 1.54) is 22.6 Å². The Morgan fingerprint density at radius 2 is 1.53 bits per heavy atom. The molecule has 0 radical (unpaired) electrons. The standard InChI is InChI=1S/C27H23FN2O2/c1-2-18-7-13-23(14-8-18)30-26(31)24(20-9-11-22(28)12-10-20)25(27(30)32)29-16-15-19-5-3-4-6-21(19)17-29/h3-14H,2,15-17H2,1H3. The van der Waals surface area contributed by atoms with Crippen molar-refractivity contribution in [1.82, 2.24) is 4.90 Å². The normalized spacial score (nSPS) is 16.1. The number of imide groups is 1. The monoisotopic (exact) mass is 426 g/mol. The molecule has 2 aliphatic rings. The highest BCUT2D eigenvalue weighted by atomic mass is 19.1. The van der Waals surface area contributed by atoms with Crippen molar-refractivity contribution < 1.29 is 14.0 Å². The Kier molecular flexibility index (Phi) is 5.10. The van der Waals surface area contributed by atoms with Crippen LogP contribution in [-0.4, -0.2) is 23.3 Å². The third-order valence-corrected chi connectivity index (χ3v) is 6.24. The number of aryl methyl sites for hydroxylation is 1. The van der Waals surface area contributed by atoms with Crippen LogP contribution in [0.3, 0.4) is 0 Å². The summed E-state index contributed by atoms with van der Waals surface area (Å²) < 4.78 is 13.6. The van der Waals surface area contributed by atoms with Crippen LogP contribution in [0.25, 0.3) is 5.57 Å². The van der Waals surface area contributed by atoms with Crippen LogP contribution in [0.2, 0.25) is 0 Å². The van der Waals surface area contributed by atoms with E-state index >= 15 is 0 Å². The van der Waals surface area contributed by atoms with Crippen LogP contribution in [0, 0.1) is 5.82 Å². The number of anilines is 1. The second-order valence-corrected chi connectivity index (χ2v) is 8.14. The van der Waals surface area contributed by atoms with E-state index in [-0.39, 0.29) is 17.6 Å². The van der Waals surface area contributed by atoms with Crippen molar-refractivity contribution in [3.05, 3.63) is 107 Å². The number of amides is 2. The van der Waals surface area contributed by atoms with Gasteiger partial charge in [-0.15, -0.1) is 0 Å². The van der Waals surface area contributed by atoms with Gasteiger partial charge < -0.3 is 4.90 Å². The second kappa shape index (κ2) is 8.08. The zero-order chi connectivity index (χ0) is 22.2. The summed E-state index contributed by atoms with van der Waals surface area (Å²) in [4.78, 5) is 30.5. The third-order valence-electron chi connectivity index (χ3n) is 6.24. The molecule has 3 aromatic carbocycles. The molecule has 0 bridgehead atoms. The number of carbonyl (C=O) groups excluding carboxylic acids is 2. The minimum atomic E-state index is -0.383. The lowest BCUT2D eigenvalue weighted by atomic mass is 9.98. The Hall–Kier alpha value is -3.73. The van der Waals surface area contributed by atoms with Gasteiger partial charge in [0.15, 0.2) is 0 Å². The van der Waals surface area contributed by atoms with Crippen LogP contribution in [0.5, 0.6) is 0 Å². The highest BCUT2D eigenvalue weighted by Gasteiger charge is 2.43. The molecule has 0 saturated heterocycles. The minimum absolute atomic E-state index is 0.328. The lowest BCUT2D eigenvalue weighted by Gasteiger charge is -2.31. The van der Waals surface area contributed by atoms with Crippen molar-refractivity contribution in [2.24, 2.45) is 0 Å². The fourth-order valence-corrected chi connectivity index (χ4v) is 4.49. The molecule has 160 valence electrons. The van der Waals surface area contributed by atoms with Crippen molar-refractivity contribution in [2.75, 3.05) is 11.4 Å². The summed E-state index contributed by atoms with van der Waals surface area (Å²) in [6, 6.07) is 21.4. The van der Waals surface area contributed by atoms with E-state index in [1.54, 1.807) is 12.1 Å². The number of halogens is 1. The van der Waals surface area contributed by atoms with Gasteiger partial charge in [0.2, 0.25) is 0 Å². The highest BCUT2D eigenvalue weighted by Crippen LogP contribution is 2.36. The summed E-state index contributed by atoms with van der Waals surface area (Å²) in [5, 5.41) is 0. The van der Waals surface area contributed by atoms with Crippen molar-refractivity contribution in [3.63, 3.8) is 0 Å². The highest BCUT2D eigenvalue weighted by molar-refractivity contribution is 6.45. The van der Waals surface area contributed by atoms with Gasteiger partial charge in [-0.3, -0.25) is 9.59 Å². The van der Waals surface area contributed by atoms with Gasteiger partial charge in [-0.1, -0.05) is 55.5 Å². The predicted molar refractivity (Wildman–Crippen MR) is 122 cm³/mol. The van der Waals surface area contributed by atoms with Gasteiger partial charge in [0, 0.05) is 13.1 Å². The SMILES string of the molecule is CCc1ccc(N2C(=O)C(c3ccc(F)cc3)=C(N3CCc4ccccc4C3)C2=O)cc1. The minimum Gasteiger partial charge on any atom is -0.362 e. The van der Waals surface area contributed by atoms with Gasteiger partial charge in [0.1, 0.15) is 11.5 Å². The van der Waals surface area contributed by atoms with Crippen LogP contribution in [-0.2, 0) is 29.0 Å². The molecule has 3 aromatic rings. The zero-order valence-electron chi connectivity index (χ0n) is 17.8. The maximum absolute atomic E-state index is 13.7. The van der Waals surface area contributed by atoms with Gasteiger partial charge in [-0.2, -0.15) is 0 Å². The summed E-state index contributed by atoms with van der Waals surface area (Å²) in [6.07, 6.45) is 1.67. The maximum Gasteiger partial charge on any atom is 0.282 e. The molecule has 0 spiro atoms. The number of fused-ring (bicyclic) bond motifs is 1. The molecular weight excluding hydrogens is 403 g/mol. The Morgan fingerprint density at radius 3 is 2.22 bits per heavy atom. The summed E-state index contributed by atoms with van der Waals surface area (Å²) in [5.41, 5.74) is 5.35. The molecule has 5 heteroatoms. The summed E-state index contributed by atoms with van der Waals surface area (Å²) >= 11 is 0. The first kappa shape index (κ1) is 20.2. The predicted octanol–water partition coefficient (Wildman–Crippen LogP) is 4.73. The lowest BCUT2D eigenvalue weighted by Crippen LogP contribution is -2.37. The molecule has 2 aliphatic heterocycles. The van der Waals surface area contributed by atoms with Gasteiger partial charge in [0.05, 0.1) is 11.3 Å². The Labute approximate surface area is 186 Å².